The number of amides is 2. The summed E-state index contributed by atoms with van der Waals surface area (Å²) in [7, 11) is -4.12. The second kappa shape index (κ2) is 6.37. The number of carbonyl (C=O) groups excluding carboxylic acids is 1. The first-order valence-corrected chi connectivity index (χ1v) is 7.20. The maximum Gasteiger partial charge on any atom is 0.328 e. The van der Waals surface area contributed by atoms with E-state index in [0.29, 0.717) is 6.54 Å². The molecule has 0 heterocycles. The zero-order chi connectivity index (χ0) is 14.5. The van der Waals surface area contributed by atoms with Gasteiger partial charge in [0.15, 0.2) is 0 Å². The van der Waals surface area contributed by atoms with Crippen LogP contribution in [-0.2, 0) is 10.0 Å². The highest BCUT2D eigenvalue weighted by Gasteiger charge is 2.18. The molecule has 19 heavy (non-hydrogen) atoms. The number of nitrogen functional groups attached to an aromatic ring is 1. The van der Waals surface area contributed by atoms with Crippen molar-refractivity contribution in [1.82, 2.24) is 10.0 Å². The summed E-state index contributed by atoms with van der Waals surface area (Å²) in [5.74, 6) is -0.785. The van der Waals surface area contributed by atoms with Crippen molar-refractivity contribution < 1.29 is 17.6 Å². The molecule has 0 spiro atoms. The highest BCUT2D eigenvalue weighted by atomic mass is 32.2. The fraction of sp³-hybridized carbons (Fsp3) is 0.364. The van der Waals surface area contributed by atoms with E-state index in [1.165, 1.54) is 0 Å². The molecule has 0 fully saturated rings. The second-order valence-electron chi connectivity index (χ2n) is 3.94. The number of benzene rings is 1. The SMILES string of the molecule is CCCCNC(=O)NS(=O)(=O)c1cc(N)cc(F)c1. The summed E-state index contributed by atoms with van der Waals surface area (Å²) in [6.07, 6.45) is 1.61. The van der Waals surface area contributed by atoms with Gasteiger partial charge >= 0.3 is 6.03 Å². The van der Waals surface area contributed by atoms with Gasteiger partial charge in [-0.15, -0.1) is 0 Å². The molecule has 0 aliphatic rings. The van der Waals surface area contributed by atoms with E-state index in [1.54, 1.807) is 4.72 Å². The molecule has 8 heteroatoms. The largest absolute Gasteiger partial charge is 0.399 e. The van der Waals surface area contributed by atoms with Crippen LogP contribution in [0, 0.1) is 5.82 Å². The summed E-state index contributed by atoms with van der Waals surface area (Å²) in [4.78, 5) is 11.0. The Morgan fingerprint density at radius 2 is 2.05 bits per heavy atom. The van der Waals surface area contributed by atoms with Crippen LogP contribution in [0.25, 0.3) is 0 Å². The minimum Gasteiger partial charge on any atom is -0.399 e. The standard InChI is InChI=1S/C11H16FN3O3S/c1-2-3-4-14-11(16)15-19(17,18)10-6-8(12)5-9(13)7-10/h5-7H,2-4,13H2,1H3,(H2,14,15,16). The van der Waals surface area contributed by atoms with Gasteiger partial charge in [0.25, 0.3) is 10.0 Å². The van der Waals surface area contributed by atoms with Gasteiger partial charge in [-0.2, -0.15) is 0 Å². The molecule has 1 aromatic carbocycles. The minimum atomic E-state index is -4.12. The third-order valence-corrected chi connectivity index (χ3v) is 3.56. The molecule has 106 valence electrons. The maximum atomic E-state index is 13.1. The molecule has 0 atom stereocenters. The van der Waals surface area contributed by atoms with Gasteiger partial charge in [0.05, 0.1) is 4.90 Å². The van der Waals surface area contributed by atoms with Gasteiger partial charge in [0.2, 0.25) is 0 Å². The number of anilines is 1. The lowest BCUT2D eigenvalue weighted by Crippen LogP contribution is -2.39. The van der Waals surface area contributed by atoms with E-state index in [4.69, 9.17) is 5.73 Å². The lowest BCUT2D eigenvalue weighted by molar-refractivity contribution is 0.245. The number of rotatable bonds is 5. The number of nitrogens with one attached hydrogen (secondary N) is 2. The van der Waals surface area contributed by atoms with Gasteiger partial charge in [-0.3, -0.25) is 0 Å². The van der Waals surface area contributed by atoms with Crippen LogP contribution in [0.5, 0.6) is 0 Å². The van der Waals surface area contributed by atoms with Gasteiger partial charge in [-0.1, -0.05) is 13.3 Å². The number of urea groups is 1. The van der Waals surface area contributed by atoms with Crippen LogP contribution in [-0.4, -0.2) is 21.0 Å². The summed E-state index contributed by atoms with van der Waals surface area (Å²) in [5, 5.41) is 2.38. The lowest BCUT2D eigenvalue weighted by Gasteiger charge is -2.09. The monoisotopic (exact) mass is 289 g/mol. The van der Waals surface area contributed by atoms with Crippen molar-refractivity contribution in [3.8, 4) is 0 Å². The quantitative estimate of drug-likeness (QED) is 0.560. The molecular formula is C11H16FN3O3S. The van der Waals surface area contributed by atoms with E-state index in [9.17, 15) is 17.6 Å². The van der Waals surface area contributed by atoms with Crippen LogP contribution >= 0.6 is 0 Å². The third-order valence-electron chi connectivity index (χ3n) is 2.25. The van der Waals surface area contributed by atoms with Crippen molar-refractivity contribution in [3.63, 3.8) is 0 Å². The molecule has 4 N–H and O–H groups in total. The summed E-state index contributed by atoms with van der Waals surface area (Å²) < 4.78 is 38.4. The van der Waals surface area contributed by atoms with Crippen molar-refractivity contribution >= 4 is 21.7 Å². The number of unbranched alkanes of at least 4 members (excludes halogenated alkanes) is 1. The molecule has 0 bridgehead atoms. The molecule has 6 nitrogen and oxygen atoms in total. The number of halogens is 1. The van der Waals surface area contributed by atoms with E-state index in [1.807, 2.05) is 6.92 Å². The van der Waals surface area contributed by atoms with Crippen LogP contribution in [0.2, 0.25) is 0 Å². The molecule has 0 saturated carbocycles. The Balaban J connectivity index is 2.78. The Morgan fingerprint density at radius 1 is 1.37 bits per heavy atom. The highest BCUT2D eigenvalue weighted by molar-refractivity contribution is 7.90. The molecule has 0 radical (unpaired) electrons. The van der Waals surface area contributed by atoms with Crippen LogP contribution in [0.3, 0.4) is 0 Å². The van der Waals surface area contributed by atoms with Gasteiger partial charge in [-0.25, -0.2) is 22.3 Å². The summed E-state index contributed by atoms with van der Waals surface area (Å²) in [6.45, 7) is 2.30. The van der Waals surface area contributed by atoms with E-state index >= 15 is 0 Å². The maximum absolute atomic E-state index is 13.1. The molecule has 0 aromatic heterocycles. The smallest absolute Gasteiger partial charge is 0.328 e. The first kappa shape index (κ1) is 15.2. The van der Waals surface area contributed by atoms with Gasteiger partial charge in [0, 0.05) is 12.2 Å². The van der Waals surface area contributed by atoms with E-state index < -0.39 is 26.8 Å². The summed E-state index contributed by atoms with van der Waals surface area (Å²) in [6, 6.07) is 2.00. The molecule has 0 aliphatic heterocycles. The molecule has 0 saturated heterocycles. The number of hydrogen-bond donors (Lipinski definition) is 3. The van der Waals surface area contributed by atoms with Crippen LogP contribution in [0.15, 0.2) is 23.1 Å². The first-order chi connectivity index (χ1) is 8.85. The number of nitrogens with two attached hydrogens (primary N) is 1. The predicted octanol–water partition coefficient (Wildman–Crippen LogP) is 1.20. The van der Waals surface area contributed by atoms with Crippen molar-refractivity contribution in [2.75, 3.05) is 12.3 Å². The molecule has 1 rings (SSSR count). The molecule has 1 aromatic rings. The molecule has 2 amide bonds. The molecular weight excluding hydrogens is 273 g/mol. The van der Waals surface area contributed by atoms with Crippen molar-refractivity contribution in [3.05, 3.63) is 24.0 Å². The van der Waals surface area contributed by atoms with Gasteiger partial charge < -0.3 is 11.1 Å². The highest BCUT2D eigenvalue weighted by Crippen LogP contribution is 2.15. The average molecular weight is 289 g/mol. The Bertz CT molecular complexity index is 540. The predicted molar refractivity (Wildman–Crippen MR) is 69.4 cm³/mol. The Morgan fingerprint density at radius 3 is 2.63 bits per heavy atom. The zero-order valence-electron chi connectivity index (χ0n) is 10.4. The topological polar surface area (TPSA) is 101 Å². The number of sulfonamides is 1. The lowest BCUT2D eigenvalue weighted by atomic mass is 10.3. The first-order valence-electron chi connectivity index (χ1n) is 5.72. The normalized spacial score (nSPS) is 11.1. The van der Waals surface area contributed by atoms with Crippen LogP contribution < -0.4 is 15.8 Å². The van der Waals surface area contributed by atoms with Crippen molar-refractivity contribution in [2.45, 2.75) is 24.7 Å². The summed E-state index contributed by atoms with van der Waals surface area (Å²) in [5.41, 5.74) is 5.32. The third kappa shape index (κ3) is 4.74. The Hall–Kier alpha value is -1.83. The Labute approximate surface area is 111 Å². The van der Waals surface area contributed by atoms with Gasteiger partial charge in [0.1, 0.15) is 5.82 Å². The van der Waals surface area contributed by atoms with Crippen molar-refractivity contribution in [2.24, 2.45) is 0 Å². The number of hydrogen-bond acceptors (Lipinski definition) is 4. The van der Waals surface area contributed by atoms with Crippen molar-refractivity contribution in [1.29, 1.82) is 0 Å². The fourth-order valence-electron chi connectivity index (χ4n) is 1.34. The number of carbonyl (C=O) groups is 1. The van der Waals surface area contributed by atoms with E-state index in [0.717, 1.165) is 31.0 Å². The Kier molecular flexibility index (Phi) is 5.11. The minimum absolute atomic E-state index is 0.0354. The molecule has 0 aliphatic carbocycles. The molecule has 0 unspecified atom stereocenters. The fourth-order valence-corrected chi connectivity index (χ4v) is 2.33. The summed E-state index contributed by atoms with van der Waals surface area (Å²) >= 11 is 0. The van der Waals surface area contributed by atoms with E-state index in [2.05, 4.69) is 5.32 Å². The van der Waals surface area contributed by atoms with Gasteiger partial charge in [-0.05, 0) is 24.6 Å². The zero-order valence-corrected chi connectivity index (χ0v) is 11.3. The average Bonchev–Trinajstić information content (AvgIpc) is 2.27. The van der Waals surface area contributed by atoms with Crippen LogP contribution in [0.1, 0.15) is 19.8 Å². The van der Waals surface area contributed by atoms with Crippen LogP contribution in [0.4, 0.5) is 14.9 Å². The van der Waals surface area contributed by atoms with E-state index in [-0.39, 0.29) is 5.69 Å². The second-order valence-corrected chi connectivity index (χ2v) is 5.62.